The lowest BCUT2D eigenvalue weighted by atomic mass is 9.87. The predicted molar refractivity (Wildman–Crippen MR) is 108 cm³/mol. The summed E-state index contributed by atoms with van der Waals surface area (Å²) < 4.78 is 40.9. The van der Waals surface area contributed by atoms with Crippen LogP contribution < -0.4 is 0 Å². The number of ketones is 1. The zero-order chi connectivity index (χ0) is 22.8. The Labute approximate surface area is 180 Å². The largest absolute Gasteiger partial charge is 0.421 e. The van der Waals surface area contributed by atoms with Gasteiger partial charge in [0.05, 0.1) is 12.1 Å². The molecule has 0 spiro atoms. The lowest BCUT2D eigenvalue weighted by molar-refractivity contribution is -0.258. The minimum atomic E-state index is -4.84. The number of nitrogens with zero attached hydrogens (tertiary/aromatic N) is 3. The number of benzene rings is 1. The molecule has 0 bridgehead atoms. The molecule has 0 aliphatic heterocycles. The van der Waals surface area contributed by atoms with Crippen molar-refractivity contribution in [1.82, 2.24) is 14.8 Å². The van der Waals surface area contributed by atoms with Gasteiger partial charge in [-0.2, -0.15) is 18.3 Å². The summed E-state index contributed by atoms with van der Waals surface area (Å²) in [5, 5.41) is 14.6. The van der Waals surface area contributed by atoms with Crippen molar-refractivity contribution in [3.05, 3.63) is 64.4 Å². The van der Waals surface area contributed by atoms with E-state index in [1.54, 1.807) is 30.1 Å². The number of alkyl halides is 3. The smallest absolute Gasteiger partial charge is 0.376 e. The van der Waals surface area contributed by atoms with Gasteiger partial charge in [-0.05, 0) is 37.5 Å². The summed E-state index contributed by atoms with van der Waals surface area (Å²) in [5.74, 6) is -1.08. The summed E-state index contributed by atoms with van der Waals surface area (Å²) in [6.07, 6.45) is -1.05. The molecule has 3 rings (SSSR count). The molecule has 1 N–H and O–H groups in total. The third-order valence-corrected chi connectivity index (χ3v) is 6.24. The summed E-state index contributed by atoms with van der Waals surface area (Å²) in [5.41, 5.74) is -2.18. The number of aliphatic hydroxyl groups is 1. The van der Waals surface area contributed by atoms with Gasteiger partial charge in [0.25, 0.3) is 0 Å². The maximum Gasteiger partial charge on any atom is 0.421 e. The highest BCUT2D eigenvalue weighted by atomic mass is 32.1. The third kappa shape index (κ3) is 4.75. The van der Waals surface area contributed by atoms with Crippen LogP contribution in [0.5, 0.6) is 0 Å². The summed E-state index contributed by atoms with van der Waals surface area (Å²) in [7, 11) is 0. The second kappa shape index (κ2) is 8.72. The summed E-state index contributed by atoms with van der Waals surface area (Å²) in [4.78, 5) is 28.8. The number of aryl methyl sites for hydroxylation is 1. The summed E-state index contributed by atoms with van der Waals surface area (Å²) in [6, 6.07) is 6.82. The standard InChI is InChI=1S/C21H20F3N3O3S/c1-13-18(31-19(26-13)27-10-3-9-25-27)12-16(17(29)8-11-28)14-4-6-15(7-5-14)20(2,30)21(22,23)24/h3-7,9-11,16,30H,8,12H2,1-2H3. The Morgan fingerprint density at radius 2 is 1.97 bits per heavy atom. The van der Waals surface area contributed by atoms with Gasteiger partial charge in [-0.15, -0.1) is 0 Å². The van der Waals surface area contributed by atoms with E-state index in [1.165, 1.54) is 23.5 Å². The number of rotatable bonds is 8. The highest BCUT2D eigenvalue weighted by Gasteiger charge is 2.51. The van der Waals surface area contributed by atoms with Crippen LogP contribution >= 0.6 is 11.3 Å². The number of hydrogen-bond acceptors (Lipinski definition) is 6. The lowest BCUT2D eigenvalue weighted by Gasteiger charge is -2.27. The van der Waals surface area contributed by atoms with Crippen LogP contribution in [0.2, 0.25) is 0 Å². The average Bonchev–Trinajstić information content (AvgIpc) is 3.35. The third-order valence-electron chi connectivity index (χ3n) is 5.07. The van der Waals surface area contributed by atoms with Crippen molar-refractivity contribution in [2.75, 3.05) is 0 Å². The first-order valence-electron chi connectivity index (χ1n) is 9.36. The maximum absolute atomic E-state index is 13.1. The van der Waals surface area contributed by atoms with Crippen molar-refractivity contribution < 1.29 is 27.9 Å². The van der Waals surface area contributed by atoms with E-state index in [1.807, 2.05) is 0 Å². The number of carbonyl (C=O) groups excluding carboxylic acids is 2. The molecule has 0 saturated carbocycles. The van der Waals surface area contributed by atoms with Crippen LogP contribution in [-0.4, -0.2) is 38.1 Å². The minimum absolute atomic E-state index is 0.243. The van der Waals surface area contributed by atoms with Gasteiger partial charge in [0.1, 0.15) is 12.1 Å². The van der Waals surface area contributed by atoms with E-state index in [0.717, 1.165) is 17.0 Å². The van der Waals surface area contributed by atoms with E-state index in [-0.39, 0.29) is 24.2 Å². The Bertz CT molecular complexity index is 1060. The van der Waals surface area contributed by atoms with Gasteiger partial charge in [-0.1, -0.05) is 35.6 Å². The van der Waals surface area contributed by atoms with Gasteiger partial charge in [-0.3, -0.25) is 4.79 Å². The van der Waals surface area contributed by atoms with Crippen LogP contribution in [0.3, 0.4) is 0 Å². The van der Waals surface area contributed by atoms with Crippen molar-refractivity contribution in [3.63, 3.8) is 0 Å². The number of Topliss-reactive ketones (excluding diaryl/α,β-unsaturated/α-hetero) is 1. The molecular weight excluding hydrogens is 431 g/mol. The van der Waals surface area contributed by atoms with E-state index in [4.69, 9.17) is 0 Å². The van der Waals surface area contributed by atoms with Gasteiger partial charge in [0.2, 0.25) is 5.13 Å². The highest BCUT2D eigenvalue weighted by Crippen LogP contribution is 2.39. The fraction of sp³-hybridized carbons (Fsp3) is 0.333. The molecule has 2 aromatic heterocycles. The first kappa shape index (κ1) is 22.8. The zero-order valence-electron chi connectivity index (χ0n) is 16.8. The van der Waals surface area contributed by atoms with Crippen LogP contribution in [0.1, 0.15) is 41.0 Å². The SMILES string of the molecule is Cc1nc(-n2cccn2)sc1CC(C(=O)CC=O)c1ccc(C(C)(O)C(F)(F)F)cc1. The summed E-state index contributed by atoms with van der Waals surface area (Å²) >= 11 is 1.35. The molecule has 2 atom stereocenters. The molecule has 0 amide bonds. The van der Waals surface area contributed by atoms with E-state index in [0.29, 0.717) is 29.6 Å². The van der Waals surface area contributed by atoms with Crippen molar-refractivity contribution in [2.45, 2.75) is 44.4 Å². The van der Waals surface area contributed by atoms with E-state index in [9.17, 15) is 27.9 Å². The number of aldehydes is 1. The Balaban J connectivity index is 1.92. The molecular formula is C21H20F3N3O3S. The first-order valence-corrected chi connectivity index (χ1v) is 10.2. The molecule has 31 heavy (non-hydrogen) atoms. The lowest BCUT2D eigenvalue weighted by Crippen LogP contribution is -2.39. The fourth-order valence-electron chi connectivity index (χ4n) is 3.11. The maximum atomic E-state index is 13.1. The summed E-state index contributed by atoms with van der Waals surface area (Å²) in [6.45, 7) is 2.47. The Morgan fingerprint density at radius 3 is 2.52 bits per heavy atom. The van der Waals surface area contributed by atoms with Crippen molar-refractivity contribution >= 4 is 23.4 Å². The Hall–Kier alpha value is -2.85. The highest BCUT2D eigenvalue weighted by molar-refractivity contribution is 7.14. The normalized spacial score (nSPS) is 14.8. The van der Waals surface area contributed by atoms with Crippen LogP contribution in [0.15, 0.2) is 42.7 Å². The zero-order valence-corrected chi connectivity index (χ0v) is 17.6. The van der Waals surface area contributed by atoms with Crippen molar-refractivity contribution in [3.8, 4) is 5.13 Å². The van der Waals surface area contributed by atoms with Crippen LogP contribution in [-0.2, 0) is 21.6 Å². The van der Waals surface area contributed by atoms with Gasteiger partial charge in [0, 0.05) is 23.2 Å². The van der Waals surface area contributed by atoms with Gasteiger partial charge in [-0.25, -0.2) is 9.67 Å². The fourth-order valence-corrected chi connectivity index (χ4v) is 4.16. The molecule has 0 fully saturated rings. The molecule has 2 heterocycles. The molecule has 0 radical (unpaired) electrons. The number of thiazole rings is 1. The molecule has 0 saturated heterocycles. The predicted octanol–water partition coefficient (Wildman–Crippen LogP) is 3.89. The van der Waals surface area contributed by atoms with Crippen LogP contribution in [0.25, 0.3) is 5.13 Å². The molecule has 164 valence electrons. The van der Waals surface area contributed by atoms with Crippen LogP contribution in [0.4, 0.5) is 13.2 Å². The Morgan fingerprint density at radius 1 is 1.29 bits per heavy atom. The van der Waals surface area contributed by atoms with Crippen molar-refractivity contribution in [1.29, 1.82) is 0 Å². The molecule has 1 aromatic carbocycles. The van der Waals surface area contributed by atoms with E-state index < -0.39 is 17.7 Å². The molecule has 6 nitrogen and oxygen atoms in total. The number of carbonyl (C=O) groups is 2. The number of halogens is 3. The first-order chi connectivity index (χ1) is 14.5. The quantitative estimate of drug-likeness (QED) is 0.415. The monoisotopic (exact) mass is 451 g/mol. The molecule has 0 aliphatic carbocycles. The van der Waals surface area contributed by atoms with Crippen LogP contribution in [0, 0.1) is 6.92 Å². The average molecular weight is 451 g/mol. The molecule has 0 aliphatic rings. The van der Waals surface area contributed by atoms with Crippen molar-refractivity contribution in [2.24, 2.45) is 0 Å². The second-order valence-corrected chi connectivity index (χ2v) is 8.30. The minimum Gasteiger partial charge on any atom is -0.376 e. The second-order valence-electron chi connectivity index (χ2n) is 7.24. The topological polar surface area (TPSA) is 85.1 Å². The molecule has 2 unspecified atom stereocenters. The Kier molecular flexibility index (Phi) is 6.42. The van der Waals surface area contributed by atoms with E-state index in [2.05, 4.69) is 10.1 Å². The van der Waals surface area contributed by atoms with E-state index >= 15 is 0 Å². The van der Waals surface area contributed by atoms with Gasteiger partial charge < -0.3 is 9.90 Å². The molecule has 10 heteroatoms. The number of hydrogen-bond donors (Lipinski definition) is 1. The van der Waals surface area contributed by atoms with Gasteiger partial charge >= 0.3 is 6.18 Å². The number of aromatic nitrogens is 3. The van der Waals surface area contributed by atoms with Gasteiger partial charge in [0.15, 0.2) is 5.60 Å². The molecule has 3 aromatic rings.